The van der Waals surface area contributed by atoms with Gasteiger partial charge in [0.15, 0.2) is 0 Å². The number of fused-ring (bicyclic) bond motifs is 1. The highest BCUT2D eigenvalue weighted by molar-refractivity contribution is 7.11. The second-order valence-electron chi connectivity index (χ2n) is 4.08. The molecule has 0 atom stereocenters. The van der Waals surface area contributed by atoms with Gasteiger partial charge in [-0.05, 0) is 0 Å². The molecule has 2 aromatic rings. The van der Waals surface area contributed by atoms with Gasteiger partial charge in [0, 0.05) is 23.2 Å². The predicted molar refractivity (Wildman–Crippen MR) is 74.4 cm³/mol. The van der Waals surface area contributed by atoms with Crippen molar-refractivity contribution in [3.63, 3.8) is 0 Å². The molecule has 2 N–H and O–H groups in total. The molecular weight excluding hydrogens is 296 g/mol. The van der Waals surface area contributed by atoms with Crippen molar-refractivity contribution in [3.05, 3.63) is 44.3 Å². The van der Waals surface area contributed by atoms with E-state index in [1.54, 1.807) is 23.2 Å². The van der Waals surface area contributed by atoms with Crippen molar-refractivity contribution >= 4 is 45.9 Å². The van der Waals surface area contributed by atoms with Crippen LogP contribution in [-0.4, -0.2) is 21.8 Å². The van der Waals surface area contributed by atoms with E-state index in [4.69, 9.17) is 0 Å². The molecule has 20 heavy (non-hydrogen) atoms. The Morgan fingerprint density at radius 3 is 1.60 bits per heavy atom. The molecule has 8 heteroatoms. The lowest BCUT2D eigenvalue weighted by Gasteiger charge is -2.02. The van der Waals surface area contributed by atoms with Crippen molar-refractivity contribution in [2.24, 2.45) is 0 Å². The summed E-state index contributed by atoms with van der Waals surface area (Å²) in [6.45, 7) is 0. The van der Waals surface area contributed by atoms with Gasteiger partial charge in [0.25, 0.3) is 11.8 Å². The van der Waals surface area contributed by atoms with Crippen LogP contribution in [0.25, 0.3) is 11.4 Å². The molecule has 2 aromatic heterocycles. The highest BCUT2D eigenvalue weighted by atomic mass is 32.1. The Morgan fingerprint density at radius 2 is 1.25 bits per heavy atom. The first kappa shape index (κ1) is 11.5. The summed E-state index contributed by atoms with van der Waals surface area (Å²) in [7, 11) is 0. The van der Waals surface area contributed by atoms with Gasteiger partial charge >= 0.3 is 0 Å². The topological polar surface area (TPSA) is 84.0 Å². The van der Waals surface area contributed by atoms with Gasteiger partial charge in [-0.1, -0.05) is 0 Å². The minimum absolute atomic E-state index is 0.297. The van der Waals surface area contributed by atoms with Gasteiger partial charge in [0.1, 0.15) is 10.0 Å². The normalized spacial score (nSPS) is 17.6. The third-order valence-corrected chi connectivity index (χ3v) is 4.55. The summed E-state index contributed by atoms with van der Waals surface area (Å²) in [5.41, 5.74) is 1.67. The van der Waals surface area contributed by atoms with Crippen LogP contribution >= 0.6 is 22.7 Å². The van der Waals surface area contributed by atoms with Crippen molar-refractivity contribution in [1.82, 2.24) is 20.6 Å². The molecule has 0 aliphatic carbocycles. The molecule has 0 bridgehead atoms. The van der Waals surface area contributed by atoms with Crippen molar-refractivity contribution < 1.29 is 9.59 Å². The minimum Gasteiger partial charge on any atom is -0.319 e. The number of hydrogen-bond acceptors (Lipinski definition) is 6. The molecule has 6 nitrogen and oxygen atoms in total. The van der Waals surface area contributed by atoms with E-state index < -0.39 is 0 Å². The van der Waals surface area contributed by atoms with Gasteiger partial charge in [-0.25, -0.2) is 9.97 Å². The summed E-state index contributed by atoms with van der Waals surface area (Å²) >= 11 is 2.75. The Balaban J connectivity index is 1.95. The predicted octanol–water partition coefficient (Wildman–Crippen LogP) is 0.982. The van der Waals surface area contributed by atoms with E-state index in [2.05, 4.69) is 20.6 Å². The van der Waals surface area contributed by atoms with Crippen LogP contribution < -0.4 is 10.6 Å². The van der Waals surface area contributed by atoms with Crippen LogP contribution in [0.4, 0.5) is 0 Å². The summed E-state index contributed by atoms with van der Waals surface area (Å²) in [6, 6.07) is 0. The fourth-order valence-corrected chi connectivity index (χ4v) is 3.48. The van der Waals surface area contributed by atoms with Gasteiger partial charge in [-0.3, -0.25) is 9.59 Å². The van der Waals surface area contributed by atoms with Crippen LogP contribution in [0.15, 0.2) is 34.3 Å². The number of nitrogens with zero attached hydrogens (tertiary/aromatic N) is 2. The molecule has 0 radical (unpaired) electrons. The summed E-state index contributed by atoms with van der Waals surface area (Å²) in [6.07, 6.45) is 3.27. The minimum atomic E-state index is -0.297. The van der Waals surface area contributed by atoms with E-state index in [0.717, 1.165) is 0 Å². The Hall–Kier alpha value is -2.32. The van der Waals surface area contributed by atoms with Gasteiger partial charge in [-0.2, -0.15) is 0 Å². The monoisotopic (exact) mass is 302 g/mol. The summed E-state index contributed by atoms with van der Waals surface area (Å²) in [5, 5.41) is 10.3. The molecule has 98 valence electrons. The maximum Gasteiger partial charge on any atom is 0.258 e. The Labute approximate surface area is 120 Å². The Bertz CT molecular complexity index is 719. The lowest BCUT2D eigenvalue weighted by Crippen LogP contribution is -2.21. The second kappa shape index (κ2) is 4.09. The smallest absolute Gasteiger partial charge is 0.258 e. The number of amides is 2. The van der Waals surface area contributed by atoms with Crippen molar-refractivity contribution in [2.45, 2.75) is 0 Å². The summed E-state index contributed by atoms with van der Waals surface area (Å²) in [4.78, 5) is 32.6. The van der Waals surface area contributed by atoms with Crippen molar-refractivity contribution in [1.29, 1.82) is 0 Å². The number of aromatic nitrogens is 2. The molecule has 0 unspecified atom stereocenters. The average molecular weight is 302 g/mol. The number of rotatable bonds is 2. The molecule has 0 spiro atoms. The number of hydrogen-bond donors (Lipinski definition) is 2. The number of carbonyl (C=O) groups excluding carboxylic acids is 2. The molecule has 0 fully saturated rings. The van der Waals surface area contributed by atoms with Gasteiger partial charge in [0.2, 0.25) is 0 Å². The largest absolute Gasteiger partial charge is 0.319 e. The SMILES string of the molecule is O=C1NC(c2nccs2)=C2C(=O)NC(c3nccs3)=C12. The fourth-order valence-electron chi connectivity index (χ4n) is 2.20. The number of thiazole rings is 2. The zero-order valence-corrected chi connectivity index (χ0v) is 11.5. The third-order valence-electron chi connectivity index (χ3n) is 2.97. The lowest BCUT2D eigenvalue weighted by atomic mass is 10.1. The van der Waals surface area contributed by atoms with Crippen LogP contribution in [0, 0.1) is 0 Å². The molecular formula is C12H6N4O2S2. The van der Waals surface area contributed by atoms with Gasteiger partial charge in [0.05, 0.1) is 22.5 Å². The van der Waals surface area contributed by atoms with E-state index in [1.807, 2.05) is 0 Å². The molecule has 0 saturated carbocycles. The zero-order valence-electron chi connectivity index (χ0n) is 9.84. The summed E-state index contributed by atoms with van der Waals surface area (Å²) < 4.78 is 0. The highest BCUT2D eigenvalue weighted by Crippen LogP contribution is 2.37. The van der Waals surface area contributed by atoms with Gasteiger partial charge in [-0.15, -0.1) is 22.7 Å². The van der Waals surface area contributed by atoms with Crippen molar-refractivity contribution in [2.75, 3.05) is 0 Å². The molecule has 0 aromatic carbocycles. The standard InChI is InChI=1S/C12H6N4O2S2/c17-9-5-6(8(16-9)12-14-2-4-20-12)10(18)15-7(5)11-13-1-3-19-11/h1-4H,(H,15,18)(H,16,17). The van der Waals surface area contributed by atoms with E-state index in [0.29, 0.717) is 32.6 Å². The second-order valence-corrected chi connectivity index (χ2v) is 5.87. The van der Waals surface area contributed by atoms with E-state index >= 15 is 0 Å². The fraction of sp³-hybridized carbons (Fsp3) is 0. The first-order valence-corrected chi connectivity index (χ1v) is 7.43. The van der Waals surface area contributed by atoms with E-state index in [9.17, 15) is 9.59 Å². The molecule has 2 amide bonds. The van der Waals surface area contributed by atoms with Gasteiger partial charge < -0.3 is 10.6 Å². The van der Waals surface area contributed by atoms with E-state index in [1.165, 1.54) is 22.7 Å². The van der Waals surface area contributed by atoms with Crippen LogP contribution in [0.3, 0.4) is 0 Å². The number of carbonyl (C=O) groups is 2. The maximum absolute atomic E-state index is 12.2. The quantitative estimate of drug-likeness (QED) is 0.866. The third kappa shape index (κ3) is 1.49. The van der Waals surface area contributed by atoms with Crippen LogP contribution in [0.1, 0.15) is 10.0 Å². The molecule has 4 heterocycles. The maximum atomic E-state index is 12.2. The zero-order chi connectivity index (χ0) is 13.7. The Morgan fingerprint density at radius 1 is 0.800 bits per heavy atom. The highest BCUT2D eigenvalue weighted by Gasteiger charge is 2.42. The first-order chi connectivity index (χ1) is 9.75. The summed E-state index contributed by atoms with van der Waals surface area (Å²) in [5.74, 6) is -0.595. The molecule has 4 rings (SSSR count). The lowest BCUT2D eigenvalue weighted by molar-refractivity contribution is -0.117. The van der Waals surface area contributed by atoms with E-state index in [-0.39, 0.29) is 11.8 Å². The Kier molecular flexibility index (Phi) is 2.35. The van der Waals surface area contributed by atoms with Crippen LogP contribution in [-0.2, 0) is 9.59 Å². The molecule has 2 aliphatic rings. The molecule has 0 saturated heterocycles. The average Bonchev–Trinajstić information content (AvgIpc) is 3.17. The van der Waals surface area contributed by atoms with Crippen LogP contribution in [0.2, 0.25) is 0 Å². The van der Waals surface area contributed by atoms with Crippen molar-refractivity contribution in [3.8, 4) is 0 Å². The molecule has 2 aliphatic heterocycles. The number of nitrogens with one attached hydrogen (secondary N) is 2. The van der Waals surface area contributed by atoms with Crippen LogP contribution in [0.5, 0.6) is 0 Å². The first-order valence-electron chi connectivity index (χ1n) is 5.67.